The summed E-state index contributed by atoms with van der Waals surface area (Å²) < 4.78 is 0. The second kappa shape index (κ2) is 16.2. The molecule has 0 saturated carbocycles. The molecule has 1 aromatic carbocycles. The summed E-state index contributed by atoms with van der Waals surface area (Å²) in [6, 6.07) is 4.32. The van der Waals surface area contributed by atoms with E-state index in [0.717, 1.165) is 44.9 Å². The van der Waals surface area contributed by atoms with Crippen molar-refractivity contribution in [2.45, 2.75) is 77.6 Å². The van der Waals surface area contributed by atoms with E-state index >= 15 is 0 Å². The highest BCUT2D eigenvalue weighted by atomic mass is 16.4. The minimum Gasteiger partial charge on any atom is -0.507 e. The van der Waals surface area contributed by atoms with Crippen LogP contribution in [0.15, 0.2) is 54.7 Å². The van der Waals surface area contributed by atoms with Crippen LogP contribution in [0.1, 0.15) is 87.1 Å². The van der Waals surface area contributed by atoms with Gasteiger partial charge < -0.3 is 10.2 Å². The highest BCUT2D eigenvalue weighted by Crippen LogP contribution is 2.19. The number of hydrogen-bond donors (Lipinski definition) is 2. The van der Waals surface area contributed by atoms with Crippen molar-refractivity contribution in [2.75, 3.05) is 0 Å². The number of carboxylic acids is 1. The summed E-state index contributed by atoms with van der Waals surface area (Å²) >= 11 is 0. The fourth-order valence-electron chi connectivity index (χ4n) is 3.12. The maximum Gasteiger partial charge on any atom is 0.339 e. The predicted molar refractivity (Wildman–Crippen MR) is 123 cm³/mol. The molecule has 4 heteroatoms. The van der Waals surface area contributed by atoms with Crippen LogP contribution >= 0.6 is 0 Å². The van der Waals surface area contributed by atoms with Crippen LogP contribution in [0.25, 0.3) is 0 Å². The van der Waals surface area contributed by atoms with Crippen LogP contribution in [0.4, 0.5) is 0 Å². The normalized spacial score (nSPS) is 11.8. The number of rotatable bonds is 16. The summed E-state index contributed by atoms with van der Waals surface area (Å²) in [4.78, 5) is 23.1. The Hall–Kier alpha value is -2.62. The minimum absolute atomic E-state index is 0.109. The number of Topliss-reactive ketones (excluding diaryl/α,β-unsaturated/α-hetero) is 1. The molecule has 2 N–H and O–H groups in total. The third-order valence-electron chi connectivity index (χ3n) is 4.80. The molecule has 0 bridgehead atoms. The number of unbranched alkanes of at least 4 members (excludes halogenated alkanes) is 5. The Morgan fingerprint density at radius 2 is 1.50 bits per heavy atom. The number of carboxylic acid groups (broad SMARTS) is 1. The van der Waals surface area contributed by atoms with Gasteiger partial charge in [0.1, 0.15) is 17.1 Å². The lowest BCUT2D eigenvalue weighted by atomic mass is 10.0. The number of benzene rings is 1. The summed E-state index contributed by atoms with van der Waals surface area (Å²) in [5, 5.41) is 18.5. The average Bonchev–Trinajstić information content (AvgIpc) is 2.72. The quantitative estimate of drug-likeness (QED) is 0.231. The Morgan fingerprint density at radius 3 is 2.20 bits per heavy atom. The third-order valence-corrected chi connectivity index (χ3v) is 4.80. The Morgan fingerprint density at radius 1 is 0.867 bits per heavy atom. The number of phenols is 1. The van der Waals surface area contributed by atoms with Crippen molar-refractivity contribution in [3.05, 3.63) is 65.8 Å². The number of ketones is 1. The standard InChI is InChI=1S/C26H36O4/c1-2-3-4-5-6-7-8-9-10-11-12-13-14-15-16-17-23(27)20-22-18-19-25(28)24(21-22)26(29)30/h3-4,6-7,9-10,18-19,21,28H,2,5,8,11-17,20H2,1H3,(H,29,30)/b4-3-,7-6-,10-9-. The first-order valence-electron chi connectivity index (χ1n) is 11.1. The lowest BCUT2D eigenvalue weighted by Crippen LogP contribution is -2.04. The molecule has 1 rings (SSSR count). The van der Waals surface area contributed by atoms with Gasteiger partial charge in [-0.1, -0.05) is 68.7 Å². The molecule has 4 nitrogen and oxygen atoms in total. The molecule has 0 aromatic heterocycles. The number of hydrogen-bond acceptors (Lipinski definition) is 3. The van der Waals surface area contributed by atoms with Crippen LogP contribution in [0, 0.1) is 0 Å². The highest BCUT2D eigenvalue weighted by molar-refractivity contribution is 5.91. The summed E-state index contributed by atoms with van der Waals surface area (Å²) in [7, 11) is 0. The van der Waals surface area contributed by atoms with Gasteiger partial charge in [-0.05, 0) is 56.2 Å². The topological polar surface area (TPSA) is 74.6 Å². The lowest BCUT2D eigenvalue weighted by molar-refractivity contribution is -0.118. The van der Waals surface area contributed by atoms with Gasteiger partial charge in [-0.25, -0.2) is 4.79 Å². The van der Waals surface area contributed by atoms with Gasteiger partial charge in [0.2, 0.25) is 0 Å². The summed E-state index contributed by atoms with van der Waals surface area (Å²) in [5.41, 5.74) is 0.476. The molecule has 164 valence electrons. The molecular formula is C26H36O4. The van der Waals surface area contributed by atoms with E-state index in [9.17, 15) is 14.7 Å². The van der Waals surface area contributed by atoms with Crippen molar-refractivity contribution in [1.29, 1.82) is 0 Å². The van der Waals surface area contributed by atoms with Crippen molar-refractivity contribution in [3.63, 3.8) is 0 Å². The molecule has 0 amide bonds. The minimum atomic E-state index is -1.19. The smallest absolute Gasteiger partial charge is 0.339 e. The molecule has 30 heavy (non-hydrogen) atoms. The zero-order valence-electron chi connectivity index (χ0n) is 18.2. The maximum atomic E-state index is 12.1. The molecule has 0 saturated heterocycles. The van der Waals surface area contributed by atoms with Crippen molar-refractivity contribution >= 4 is 11.8 Å². The number of allylic oxidation sites excluding steroid dienone is 6. The summed E-state index contributed by atoms with van der Waals surface area (Å²) in [6.07, 6.45) is 23.6. The van der Waals surface area contributed by atoms with Gasteiger partial charge in [-0.3, -0.25) is 4.79 Å². The fourth-order valence-corrected chi connectivity index (χ4v) is 3.12. The van der Waals surface area contributed by atoms with Crippen molar-refractivity contribution < 1.29 is 19.8 Å². The van der Waals surface area contributed by atoms with Gasteiger partial charge >= 0.3 is 5.97 Å². The monoisotopic (exact) mass is 412 g/mol. The van der Waals surface area contributed by atoms with Crippen LogP contribution in [-0.2, 0) is 11.2 Å². The van der Waals surface area contributed by atoms with E-state index in [1.54, 1.807) is 6.07 Å². The molecule has 1 aromatic rings. The number of carbonyl (C=O) groups is 2. The Bertz CT molecular complexity index is 729. The largest absolute Gasteiger partial charge is 0.507 e. The van der Waals surface area contributed by atoms with E-state index in [1.807, 2.05) is 0 Å². The molecule has 0 aliphatic rings. The summed E-state index contributed by atoms with van der Waals surface area (Å²) in [5.74, 6) is -1.35. The molecule has 0 unspecified atom stereocenters. The number of aromatic hydroxyl groups is 1. The van der Waals surface area contributed by atoms with E-state index in [-0.39, 0.29) is 23.5 Å². The molecule has 0 heterocycles. The summed E-state index contributed by atoms with van der Waals surface area (Å²) in [6.45, 7) is 2.14. The lowest BCUT2D eigenvalue weighted by Gasteiger charge is -2.05. The Kier molecular flexibility index (Phi) is 13.7. The van der Waals surface area contributed by atoms with Crippen LogP contribution in [0.5, 0.6) is 5.75 Å². The third kappa shape index (κ3) is 12.1. The first-order chi connectivity index (χ1) is 14.5. The maximum absolute atomic E-state index is 12.1. The zero-order valence-corrected chi connectivity index (χ0v) is 18.2. The van der Waals surface area contributed by atoms with Crippen LogP contribution in [0.3, 0.4) is 0 Å². The Balaban J connectivity index is 2.06. The molecule has 0 fully saturated rings. The molecule has 0 spiro atoms. The van der Waals surface area contributed by atoms with Gasteiger partial charge in [-0.15, -0.1) is 0 Å². The molecular weight excluding hydrogens is 376 g/mol. The van der Waals surface area contributed by atoms with E-state index in [0.29, 0.717) is 12.0 Å². The fraction of sp³-hybridized carbons (Fsp3) is 0.462. The molecule has 0 aliphatic carbocycles. The van der Waals surface area contributed by atoms with Gasteiger partial charge in [0, 0.05) is 12.8 Å². The second-order valence-electron chi connectivity index (χ2n) is 7.47. The van der Waals surface area contributed by atoms with Crippen molar-refractivity contribution in [2.24, 2.45) is 0 Å². The second-order valence-corrected chi connectivity index (χ2v) is 7.47. The first-order valence-corrected chi connectivity index (χ1v) is 11.1. The van der Waals surface area contributed by atoms with Crippen LogP contribution in [0.2, 0.25) is 0 Å². The molecule has 0 atom stereocenters. The van der Waals surface area contributed by atoms with E-state index < -0.39 is 5.97 Å². The number of aromatic carboxylic acids is 1. The molecule has 0 aliphatic heterocycles. The molecule has 0 radical (unpaired) electrons. The Labute approximate surface area is 181 Å². The average molecular weight is 413 g/mol. The van der Waals surface area contributed by atoms with Gasteiger partial charge in [0.05, 0.1) is 0 Å². The van der Waals surface area contributed by atoms with Gasteiger partial charge in [-0.2, -0.15) is 0 Å². The highest BCUT2D eigenvalue weighted by Gasteiger charge is 2.12. The van der Waals surface area contributed by atoms with E-state index in [2.05, 4.69) is 43.4 Å². The van der Waals surface area contributed by atoms with Crippen LogP contribution in [-0.4, -0.2) is 22.0 Å². The van der Waals surface area contributed by atoms with Crippen LogP contribution < -0.4 is 0 Å². The SMILES string of the molecule is CC/C=C\C/C=C\C/C=C\CCCCCCCC(=O)Cc1ccc(O)c(C(=O)O)c1. The van der Waals surface area contributed by atoms with E-state index in [1.165, 1.54) is 25.0 Å². The van der Waals surface area contributed by atoms with Crippen molar-refractivity contribution in [1.82, 2.24) is 0 Å². The van der Waals surface area contributed by atoms with Crippen molar-refractivity contribution in [3.8, 4) is 5.75 Å². The zero-order chi connectivity index (χ0) is 22.0. The van der Waals surface area contributed by atoms with E-state index in [4.69, 9.17) is 5.11 Å². The van der Waals surface area contributed by atoms with Gasteiger partial charge in [0.25, 0.3) is 0 Å². The van der Waals surface area contributed by atoms with Gasteiger partial charge in [0.15, 0.2) is 0 Å². The number of carbonyl (C=O) groups excluding carboxylic acids is 1. The predicted octanol–water partition coefficient (Wildman–Crippen LogP) is 6.79. The first kappa shape index (κ1) is 25.4.